The molecule has 0 aliphatic heterocycles. The first-order chi connectivity index (χ1) is 3.92. The lowest BCUT2D eigenvalue weighted by Crippen LogP contribution is -2.07. The molecule has 0 aliphatic rings. The average Bonchev–Trinajstić information content (AvgIpc) is 1.59. The molecule has 1 heteroatoms. The highest BCUT2D eigenvalue weighted by atomic mass is 14.7. The summed E-state index contributed by atoms with van der Waals surface area (Å²) in [6, 6.07) is 0.434. The van der Waals surface area contributed by atoms with Gasteiger partial charge in [-0.15, -0.1) is 0 Å². The van der Waals surface area contributed by atoms with E-state index < -0.39 is 0 Å². The quantitative estimate of drug-likeness (QED) is 0.480. The third-order valence-electron chi connectivity index (χ3n) is 0.760. The Bertz CT molecular complexity index is 95.6. The van der Waals surface area contributed by atoms with E-state index in [0.717, 1.165) is 0 Å². The van der Waals surface area contributed by atoms with Crippen molar-refractivity contribution in [3.63, 3.8) is 0 Å². The fraction of sp³-hybridized carbons (Fsp3) is 0.875. The summed E-state index contributed by atoms with van der Waals surface area (Å²) in [5, 5.41) is 0. The lowest BCUT2D eigenvalue weighted by molar-refractivity contribution is 0.600. The molecule has 0 aromatic heterocycles. The number of rotatable bonds is 1. The summed E-state index contributed by atoms with van der Waals surface area (Å²) < 4.78 is 0. The second kappa shape index (κ2) is 3.00. The second-order valence-corrected chi connectivity index (χ2v) is 3.74. The summed E-state index contributed by atoms with van der Waals surface area (Å²) >= 11 is 0. The minimum atomic E-state index is 0.240. The molecule has 0 fully saturated rings. The Morgan fingerprint density at radius 3 is 1.78 bits per heavy atom. The van der Waals surface area contributed by atoms with Gasteiger partial charge < -0.3 is 0 Å². The van der Waals surface area contributed by atoms with Crippen LogP contribution < -0.4 is 0 Å². The van der Waals surface area contributed by atoms with E-state index in [-0.39, 0.29) is 5.41 Å². The fourth-order valence-corrected chi connectivity index (χ4v) is 0.373. The van der Waals surface area contributed by atoms with Gasteiger partial charge in [0.2, 0.25) is 0 Å². The standard InChI is InChI=1S/C8H17N/c1-7(2)9-6-8(3,4)5/h6-7H,1-5H3/b9-6+. The van der Waals surface area contributed by atoms with Crippen molar-refractivity contribution in [3.8, 4) is 0 Å². The molecular weight excluding hydrogens is 110 g/mol. The van der Waals surface area contributed by atoms with Crippen LogP contribution in [0.4, 0.5) is 0 Å². The van der Waals surface area contributed by atoms with Crippen LogP contribution in [0.1, 0.15) is 34.6 Å². The molecule has 0 aromatic rings. The second-order valence-electron chi connectivity index (χ2n) is 3.74. The van der Waals surface area contributed by atoms with Crippen LogP contribution in [0.25, 0.3) is 0 Å². The van der Waals surface area contributed by atoms with Gasteiger partial charge in [0.25, 0.3) is 0 Å². The van der Waals surface area contributed by atoms with Gasteiger partial charge in [-0.2, -0.15) is 0 Å². The van der Waals surface area contributed by atoms with Crippen molar-refractivity contribution in [1.29, 1.82) is 0 Å². The maximum absolute atomic E-state index is 4.27. The largest absolute Gasteiger partial charge is 0.294 e. The Hall–Kier alpha value is -0.330. The molecule has 0 saturated carbocycles. The minimum absolute atomic E-state index is 0.240. The predicted octanol–water partition coefficient (Wildman–Crippen LogP) is 2.51. The van der Waals surface area contributed by atoms with Crippen LogP contribution in [0.15, 0.2) is 4.99 Å². The molecule has 0 saturated heterocycles. The predicted molar refractivity (Wildman–Crippen MR) is 43.1 cm³/mol. The molecule has 0 aliphatic carbocycles. The molecular formula is C8H17N. The van der Waals surface area contributed by atoms with E-state index in [1.54, 1.807) is 0 Å². The number of hydrogen-bond donors (Lipinski definition) is 0. The zero-order valence-corrected chi connectivity index (χ0v) is 7.10. The first kappa shape index (κ1) is 8.67. The Morgan fingerprint density at radius 1 is 1.22 bits per heavy atom. The summed E-state index contributed by atoms with van der Waals surface area (Å²) in [5.74, 6) is 0. The highest BCUT2D eigenvalue weighted by Crippen LogP contribution is 2.08. The van der Waals surface area contributed by atoms with E-state index in [1.165, 1.54) is 0 Å². The summed E-state index contributed by atoms with van der Waals surface area (Å²) in [7, 11) is 0. The van der Waals surface area contributed by atoms with Crippen molar-refractivity contribution in [1.82, 2.24) is 0 Å². The van der Waals surface area contributed by atoms with Crippen LogP contribution in [0.3, 0.4) is 0 Å². The molecule has 1 nitrogen and oxygen atoms in total. The van der Waals surface area contributed by atoms with Gasteiger partial charge in [-0.3, -0.25) is 4.99 Å². The molecule has 0 spiro atoms. The van der Waals surface area contributed by atoms with Crippen LogP contribution in [-0.4, -0.2) is 12.3 Å². The molecule has 0 bridgehead atoms. The van der Waals surface area contributed by atoms with Gasteiger partial charge in [0.05, 0.1) is 0 Å². The van der Waals surface area contributed by atoms with Gasteiger partial charge in [0.15, 0.2) is 0 Å². The zero-order valence-electron chi connectivity index (χ0n) is 7.10. The lowest BCUT2D eigenvalue weighted by Gasteiger charge is -2.10. The van der Waals surface area contributed by atoms with E-state index in [4.69, 9.17) is 0 Å². The molecule has 9 heavy (non-hydrogen) atoms. The van der Waals surface area contributed by atoms with Crippen molar-refractivity contribution < 1.29 is 0 Å². The SMILES string of the molecule is CC(C)/N=C/C(C)(C)C. The molecule has 0 rings (SSSR count). The van der Waals surface area contributed by atoms with Gasteiger partial charge in [-0.25, -0.2) is 0 Å². The molecule has 0 radical (unpaired) electrons. The highest BCUT2D eigenvalue weighted by Gasteiger charge is 2.04. The zero-order chi connectivity index (χ0) is 7.49. The van der Waals surface area contributed by atoms with Crippen LogP contribution in [0.2, 0.25) is 0 Å². The van der Waals surface area contributed by atoms with Crippen LogP contribution in [0, 0.1) is 5.41 Å². The molecule has 0 aromatic carbocycles. The van der Waals surface area contributed by atoms with E-state index in [2.05, 4.69) is 39.6 Å². The molecule has 0 atom stereocenters. The summed E-state index contributed by atoms with van der Waals surface area (Å²) in [6.07, 6.45) is 2.01. The maximum atomic E-state index is 4.27. The maximum Gasteiger partial charge on any atom is 0.0439 e. The summed E-state index contributed by atoms with van der Waals surface area (Å²) in [6.45, 7) is 10.6. The van der Waals surface area contributed by atoms with Gasteiger partial charge in [0.1, 0.15) is 0 Å². The van der Waals surface area contributed by atoms with Crippen LogP contribution in [0.5, 0.6) is 0 Å². The van der Waals surface area contributed by atoms with Crippen molar-refractivity contribution >= 4 is 6.21 Å². The third kappa shape index (κ3) is 7.67. The molecule has 0 heterocycles. The number of hydrogen-bond acceptors (Lipinski definition) is 1. The topological polar surface area (TPSA) is 12.4 Å². The first-order valence-corrected chi connectivity index (χ1v) is 3.46. The van der Waals surface area contributed by atoms with Gasteiger partial charge in [-0.05, 0) is 19.3 Å². The number of aliphatic imine (C=N–C) groups is 1. The van der Waals surface area contributed by atoms with E-state index in [1.807, 2.05) is 6.21 Å². The monoisotopic (exact) mass is 127 g/mol. The Balaban J connectivity index is 3.71. The Morgan fingerprint density at radius 2 is 1.67 bits per heavy atom. The van der Waals surface area contributed by atoms with Crippen molar-refractivity contribution in [2.75, 3.05) is 0 Å². The summed E-state index contributed by atoms with van der Waals surface area (Å²) in [4.78, 5) is 4.27. The fourth-order valence-electron chi connectivity index (χ4n) is 0.373. The van der Waals surface area contributed by atoms with Crippen molar-refractivity contribution in [3.05, 3.63) is 0 Å². The van der Waals surface area contributed by atoms with E-state index >= 15 is 0 Å². The number of nitrogens with zero attached hydrogens (tertiary/aromatic N) is 1. The molecule has 54 valence electrons. The smallest absolute Gasteiger partial charge is 0.0439 e. The Kier molecular flexibility index (Phi) is 2.89. The summed E-state index contributed by atoms with van der Waals surface area (Å²) in [5.41, 5.74) is 0.240. The van der Waals surface area contributed by atoms with Crippen molar-refractivity contribution in [2.24, 2.45) is 10.4 Å². The highest BCUT2D eigenvalue weighted by molar-refractivity contribution is 5.64. The molecule has 0 amide bonds. The van der Waals surface area contributed by atoms with Gasteiger partial charge >= 0.3 is 0 Å². The lowest BCUT2D eigenvalue weighted by atomic mass is 9.99. The van der Waals surface area contributed by atoms with Crippen molar-refractivity contribution in [2.45, 2.75) is 40.7 Å². The Labute approximate surface area is 58.2 Å². The normalized spacial score (nSPS) is 13.6. The van der Waals surface area contributed by atoms with Gasteiger partial charge in [-0.1, -0.05) is 20.8 Å². The molecule has 0 N–H and O–H groups in total. The van der Waals surface area contributed by atoms with Crippen LogP contribution in [-0.2, 0) is 0 Å². The molecule has 0 unspecified atom stereocenters. The average molecular weight is 127 g/mol. The van der Waals surface area contributed by atoms with Gasteiger partial charge in [0, 0.05) is 12.3 Å². The van der Waals surface area contributed by atoms with E-state index in [0.29, 0.717) is 6.04 Å². The first-order valence-electron chi connectivity index (χ1n) is 3.46. The minimum Gasteiger partial charge on any atom is -0.294 e. The van der Waals surface area contributed by atoms with Crippen LogP contribution >= 0.6 is 0 Å². The third-order valence-corrected chi connectivity index (χ3v) is 0.760. The van der Waals surface area contributed by atoms with E-state index in [9.17, 15) is 0 Å².